The predicted molar refractivity (Wildman–Crippen MR) is 407 cm³/mol. The molecule has 41 heteroatoms. The standard InChI is InChI=1S/C83H106O41/c1-42(84)98-32-24-25-33-99-79-74(103-36-58-30-22-17-23-31-58)69(102-35-57-28-20-16-21-29-57)64(101-34-56-26-18-15-19-27-56)59(120-79)38-104-80-76(117-53(12)95)71(113-49(8)91)66(109-45(4)87)61(122-80)40-106-82-78(119-55(14)97)73(115-51(10)93)68(111-47(6)89)63(124-82)41-107-83-77(118-54(13)96)72(114-50(9)92)67(110-46(5)88)62(123-83)39-105-81-75(116-52(11)94)70(112-48(7)90)65(108-44(3)86)60(121-81)37-100-43(2)85/h15-23,26-31,59-83H,24-25,32-41H2,1-14H3/t59?,60?,61?,62?,63?,64-,65-,66-,67-,68-,69?,70?,71?,72?,73?,74?,75?,76?,77?,78?,79-,80-,81-,82-,83-/m1/s1. The summed E-state index contributed by atoms with van der Waals surface area (Å²) in [5, 5.41) is 0. The molecule has 0 radical (unpaired) electrons. The smallest absolute Gasteiger partial charge is 0.303 e. The topological polar surface area (TPSA) is 488 Å². The van der Waals surface area contributed by atoms with E-state index in [0.717, 1.165) is 101 Å². The van der Waals surface area contributed by atoms with Gasteiger partial charge in [-0.25, -0.2) is 0 Å². The molecular weight excluding hydrogens is 1650 g/mol. The Morgan fingerprint density at radius 3 is 0.694 bits per heavy atom. The van der Waals surface area contributed by atoms with Crippen LogP contribution in [0, 0.1) is 0 Å². The van der Waals surface area contributed by atoms with E-state index in [-0.39, 0.29) is 33.0 Å². The fraction of sp³-hybridized carbons (Fsp3) is 0.614. The second-order valence-electron chi connectivity index (χ2n) is 28.9. The largest absolute Gasteiger partial charge is 0.466 e. The predicted octanol–water partition coefficient (Wildman–Crippen LogP) is 3.54. The monoisotopic (exact) mass is 1760 g/mol. The lowest BCUT2D eigenvalue weighted by Crippen LogP contribution is -2.66. The second kappa shape index (κ2) is 48.8. The SMILES string of the molecule is CC(=O)OCCCCO[C@@H]1OC(CO[C@@H]2OC(CO[C@@H]3OC(CO[C@@H]4OC(CO[C@@H]5OC(COC(C)=O)[C@@H](OC(C)=O)C(OC(C)=O)C5OC(C)=O)[C@@H](OC(C)=O)C(OC(C)=O)C4OC(C)=O)[C@@H](OC(C)=O)C(OC(C)=O)C3OC(C)=O)[C@@H](OC(C)=O)C(OC(C)=O)C2OC(C)=O)[C@@H](OCc2ccccc2)C(OCc2ccccc2)C1OCc1ccccc1. The van der Waals surface area contributed by atoms with Gasteiger partial charge in [0, 0.05) is 104 Å². The highest BCUT2D eigenvalue weighted by Crippen LogP contribution is 2.39. The van der Waals surface area contributed by atoms with E-state index in [0.29, 0.717) is 18.4 Å². The molecule has 5 fully saturated rings. The van der Waals surface area contributed by atoms with Crippen LogP contribution in [-0.4, -0.2) is 283 Å². The molecule has 3 aromatic carbocycles. The second-order valence-corrected chi connectivity index (χ2v) is 28.9. The molecule has 3 aromatic rings. The van der Waals surface area contributed by atoms with Crippen molar-refractivity contribution in [2.45, 2.75) is 283 Å². The molecule has 25 atom stereocenters. The number of hydrogen-bond acceptors (Lipinski definition) is 41. The Morgan fingerprint density at radius 1 is 0.210 bits per heavy atom. The average Bonchev–Trinajstić information content (AvgIpc) is 1.66. The van der Waals surface area contributed by atoms with Gasteiger partial charge < -0.3 is 128 Å². The van der Waals surface area contributed by atoms with Gasteiger partial charge in [0.1, 0.15) is 55.4 Å². The van der Waals surface area contributed by atoms with E-state index in [1.54, 1.807) is 0 Å². The van der Waals surface area contributed by atoms with Gasteiger partial charge in [0.25, 0.3) is 0 Å². The van der Waals surface area contributed by atoms with Gasteiger partial charge in [-0.15, -0.1) is 0 Å². The quantitative estimate of drug-likeness (QED) is 0.0445. The Hall–Kier alpha value is -10.3. The number of hydrogen-bond donors (Lipinski definition) is 0. The van der Waals surface area contributed by atoms with Crippen molar-refractivity contribution in [2.24, 2.45) is 0 Å². The van der Waals surface area contributed by atoms with Crippen molar-refractivity contribution >= 4 is 83.6 Å². The van der Waals surface area contributed by atoms with Gasteiger partial charge in [-0.1, -0.05) is 91.0 Å². The number of rotatable bonds is 41. The van der Waals surface area contributed by atoms with Crippen molar-refractivity contribution in [3.8, 4) is 0 Å². The van der Waals surface area contributed by atoms with E-state index < -0.39 is 270 Å². The molecular formula is C83H106O41. The highest BCUT2D eigenvalue weighted by Gasteiger charge is 2.60. The maximum absolute atomic E-state index is 13.5. The first kappa shape index (κ1) is 99.1. The minimum Gasteiger partial charge on any atom is -0.466 e. The zero-order valence-corrected chi connectivity index (χ0v) is 70.8. The molecule has 0 amide bonds. The maximum Gasteiger partial charge on any atom is 0.303 e. The third-order valence-corrected chi connectivity index (χ3v) is 18.7. The van der Waals surface area contributed by atoms with Crippen LogP contribution in [0.25, 0.3) is 0 Å². The maximum atomic E-state index is 13.5. The van der Waals surface area contributed by atoms with Gasteiger partial charge in [0.2, 0.25) is 0 Å². The zero-order valence-electron chi connectivity index (χ0n) is 70.8. The summed E-state index contributed by atoms with van der Waals surface area (Å²) in [4.78, 5) is 182. The summed E-state index contributed by atoms with van der Waals surface area (Å²) in [7, 11) is 0. The minimum absolute atomic E-state index is 0.00693. The van der Waals surface area contributed by atoms with Gasteiger partial charge in [0.15, 0.2) is 105 Å². The van der Waals surface area contributed by atoms with Crippen molar-refractivity contribution in [1.29, 1.82) is 0 Å². The fourth-order valence-electron chi connectivity index (χ4n) is 14.1. The molecule has 684 valence electrons. The number of carbonyl (C=O) groups excluding carboxylic acids is 14. The molecule has 0 N–H and O–H groups in total. The molecule has 0 aromatic heterocycles. The summed E-state index contributed by atoms with van der Waals surface area (Å²) < 4.78 is 165. The third kappa shape index (κ3) is 30.8. The number of carbonyl (C=O) groups is 14. The van der Waals surface area contributed by atoms with E-state index in [2.05, 4.69) is 0 Å². The Labute approximate surface area is 713 Å². The molecule has 5 heterocycles. The van der Waals surface area contributed by atoms with Gasteiger partial charge in [-0.05, 0) is 29.5 Å². The third-order valence-electron chi connectivity index (χ3n) is 18.7. The van der Waals surface area contributed by atoms with Crippen molar-refractivity contribution in [3.05, 3.63) is 108 Å². The normalized spacial score (nSPS) is 29.6. The van der Waals surface area contributed by atoms with Crippen LogP contribution < -0.4 is 0 Å². The van der Waals surface area contributed by atoms with E-state index in [9.17, 15) is 67.1 Å². The molecule has 5 aliphatic rings. The average molecular weight is 1760 g/mol. The molecule has 8 rings (SSSR count). The summed E-state index contributed by atoms with van der Waals surface area (Å²) in [6.45, 7) is 9.77. The molecule has 0 spiro atoms. The summed E-state index contributed by atoms with van der Waals surface area (Å²) in [6, 6.07) is 27.5. The summed E-state index contributed by atoms with van der Waals surface area (Å²) >= 11 is 0. The highest BCUT2D eigenvalue weighted by molar-refractivity contribution is 5.72. The van der Waals surface area contributed by atoms with E-state index in [1.807, 2.05) is 91.0 Å². The van der Waals surface area contributed by atoms with Crippen LogP contribution in [0.4, 0.5) is 0 Å². The molecule has 15 unspecified atom stereocenters. The zero-order chi connectivity index (χ0) is 90.4. The number of unbranched alkanes of at least 4 members (excludes halogenated alkanes) is 1. The van der Waals surface area contributed by atoms with Crippen molar-refractivity contribution < 1.29 is 195 Å². The van der Waals surface area contributed by atoms with Gasteiger partial charge in [0.05, 0.1) is 52.9 Å². The Bertz CT molecular complexity index is 4030. The van der Waals surface area contributed by atoms with Crippen LogP contribution in [0.2, 0.25) is 0 Å². The van der Waals surface area contributed by atoms with Gasteiger partial charge in [-0.3, -0.25) is 67.1 Å². The van der Waals surface area contributed by atoms with Crippen molar-refractivity contribution in [3.63, 3.8) is 0 Å². The lowest BCUT2D eigenvalue weighted by molar-refractivity contribution is -0.355. The van der Waals surface area contributed by atoms with Crippen LogP contribution >= 0.6 is 0 Å². The lowest BCUT2D eigenvalue weighted by atomic mass is 9.96. The molecule has 0 bridgehead atoms. The molecule has 124 heavy (non-hydrogen) atoms. The van der Waals surface area contributed by atoms with Crippen LogP contribution in [-0.2, 0) is 215 Å². The van der Waals surface area contributed by atoms with Gasteiger partial charge in [-0.2, -0.15) is 0 Å². The number of esters is 14. The molecule has 0 saturated carbocycles. The van der Waals surface area contributed by atoms with Crippen LogP contribution in [0.1, 0.15) is 126 Å². The Morgan fingerprint density at radius 2 is 0.427 bits per heavy atom. The Balaban J connectivity index is 1.18. The highest BCUT2D eigenvalue weighted by atomic mass is 16.8. The first-order valence-corrected chi connectivity index (χ1v) is 39.7. The lowest BCUT2D eigenvalue weighted by Gasteiger charge is -2.48. The number of benzene rings is 3. The molecule has 5 saturated heterocycles. The van der Waals surface area contributed by atoms with Crippen LogP contribution in [0.15, 0.2) is 91.0 Å². The van der Waals surface area contributed by atoms with Crippen LogP contribution in [0.5, 0.6) is 0 Å². The van der Waals surface area contributed by atoms with Gasteiger partial charge >= 0.3 is 83.6 Å². The van der Waals surface area contributed by atoms with E-state index in [1.165, 1.54) is 6.92 Å². The van der Waals surface area contributed by atoms with Crippen LogP contribution in [0.3, 0.4) is 0 Å². The first-order chi connectivity index (χ1) is 59.0. The Kier molecular flexibility index (Phi) is 39.1. The summed E-state index contributed by atoms with van der Waals surface area (Å²) in [5.74, 6) is -13.9. The summed E-state index contributed by atoms with van der Waals surface area (Å²) in [6.07, 6.45) is -42.8. The molecule has 0 aliphatic carbocycles. The summed E-state index contributed by atoms with van der Waals surface area (Å²) in [5.41, 5.74) is 2.24. The number of ether oxygens (including phenoxy) is 27. The fourth-order valence-corrected chi connectivity index (χ4v) is 14.1. The first-order valence-electron chi connectivity index (χ1n) is 39.7. The van der Waals surface area contributed by atoms with Crippen molar-refractivity contribution in [1.82, 2.24) is 0 Å². The molecule has 41 nitrogen and oxygen atoms in total. The minimum atomic E-state index is -2.10. The molecule has 5 aliphatic heterocycles. The van der Waals surface area contributed by atoms with Crippen molar-refractivity contribution in [2.75, 3.05) is 46.2 Å². The van der Waals surface area contributed by atoms with E-state index in [4.69, 9.17) is 128 Å². The van der Waals surface area contributed by atoms with E-state index >= 15 is 0 Å².